The smallest absolute Gasteiger partial charge is 0.410 e. The van der Waals surface area contributed by atoms with E-state index in [4.69, 9.17) is 29.4 Å². The summed E-state index contributed by atoms with van der Waals surface area (Å²) in [5.41, 5.74) is 6.02. The average Bonchev–Trinajstić information content (AvgIpc) is 3.92. The van der Waals surface area contributed by atoms with Gasteiger partial charge in [-0.3, -0.25) is 19.2 Å². The molecule has 0 bridgehead atoms. The molecule has 13 atom stereocenters. The molecule has 1 aromatic carbocycles. The Hall–Kier alpha value is -3.39. The number of nitrogens with two attached hydrogens (primary N) is 1. The first-order chi connectivity index (χ1) is 30.3. The number of unbranched alkanes of at least 4 members (excludes halogenated alkanes) is 1. The Balaban J connectivity index is 0.00000250. The molecule has 4 fully saturated rings. The van der Waals surface area contributed by atoms with Crippen molar-refractivity contribution in [3.8, 4) is 11.3 Å². The number of rotatable bonds is 12. The lowest BCUT2D eigenvalue weighted by Gasteiger charge is -2.46. The molecule has 0 spiro atoms. The maximum atomic E-state index is 14.5. The van der Waals surface area contributed by atoms with E-state index in [1.807, 2.05) is 82.1 Å². The van der Waals surface area contributed by atoms with Gasteiger partial charge in [-0.15, -0.1) is 5.10 Å². The molecule has 4 N–H and O–H groups in total. The van der Waals surface area contributed by atoms with E-state index >= 15 is 0 Å². The molecule has 4 heterocycles. The fourth-order valence-corrected chi connectivity index (χ4v) is 10.1. The highest BCUT2D eigenvalue weighted by Gasteiger charge is 2.61. The number of nitrogens with zero attached hydrogens (tertiary/aromatic N) is 5. The molecule has 6 rings (SSSR count). The molecule has 64 heavy (non-hydrogen) atoms. The largest absolute Gasteiger partial charge is 0.458 e. The van der Waals surface area contributed by atoms with Gasteiger partial charge in [-0.2, -0.15) is 3.89 Å². The van der Waals surface area contributed by atoms with Crippen molar-refractivity contribution in [3.63, 3.8) is 0 Å². The van der Waals surface area contributed by atoms with E-state index in [2.05, 4.69) is 22.6 Å². The van der Waals surface area contributed by atoms with Crippen LogP contribution >= 0.6 is 12.1 Å². The standard InChI is InChI=1S/C45H71N7O9.CH3FS/c1-11-35-45(7)39(52(43(56)61-45)20-13-12-19-51-25-33(48-49-51)31-15-14-16-32(46)22-31)36(30-17-18-30)47-24-26(2)23-44(6,57-10)40(28(4)37(53)29(5)41(55)59-35)60-42-38(54)34(50(8)9)21-27(3)58-42;1-3-2/h14-16,22,25-30,34-36,38-40,42,47,54H,11-13,17-21,23-24,46H2,1-10H3;1H3/t26-,27-,28+,29-,34?,35-,36-,38?,39-,40-,42+,44-,45-;/m1./s1. The molecule has 1 aromatic heterocycles. The lowest BCUT2D eigenvalue weighted by atomic mass is 9.78. The molecule has 3 saturated heterocycles. The number of methoxy groups -OCH3 is 1. The number of aliphatic hydroxyl groups excluding tert-OH is 1. The Kier molecular flexibility index (Phi) is 18.1. The number of anilines is 1. The predicted molar refractivity (Wildman–Crippen MR) is 244 cm³/mol. The molecule has 18 heteroatoms. The van der Waals surface area contributed by atoms with Crippen LogP contribution in [0.3, 0.4) is 0 Å². The first kappa shape index (κ1) is 51.6. The van der Waals surface area contributed by atoms with Crippen LogP contribution in [0.4, 0.5) is 14.4 Å². The summed E-state index contributed by atoms with van der Waals surface area (Å²) >= 11 is 0.250. The number of hydrogen-bond donors (Lipinski definition) is 3. The van der Waals surface area contributed by atoms with Gasteiger partial charge in [0.05, 0.1) is 30.0 Å². The van der Waals surface area contributed by atoms with Crippen LogP contribution in [0.5, 0.6) is 0 Å². The molecular weight excluding hydrogens is 846 g/mol. The van der Waals surface area contributed by atoms with E-state index in [1.165, 1.54) is 6.26 Å². The normalized spacial score (nSPS) is 35.4. The highest BCUT2D eigenvalue weighted by atomic mass is 32.2. The summed E-state index contributed by atoms with van der Waals surface area (Å²) in [6.45, 7) is 14.7. The average molecular weight is 920 g/mol. The monoisotopic (exact) mass is 920 g/mol. The number of aromatic nitrogens is 3. The number of carbonyl (C=O) groups excluding carboxylic acids is 3. The van der Waals surface area contributed by atoms with Gasteiger partial charge < -0.3 is 44.7 Å². The minimum atomic E-state index is -1.21. The number of halogens is 1. The minimum absolute atomic E-state index is 0.00489. The van der Waals surface area contributed by atoms with Gasteiger partial charge in [-0.25, -0.2) is 4.79 Å². The van der Waals surface area contributed by atoms with Gasteiger partial charge in [0.1, 0.15) is 23.8 Å². The van der Waals surface area contributed by atoms with Crippen molar-refractivity contribution in [3.05, 3.63) is 30.5 Å². The number of likely N-dealkylation sites (N-methyl/N-ethyl adjacent to an activating group) is 1. The summed E-state index contributed by atoms with van der Waals surface area (Å²) < 4.78 is 43.9. The van der Waals surface area contributed by atoms with E-state index < -0.39 is 65.7 Å². The molecular formula is C46H74FN7O9S. The van der Waals surface area contributed by atoms with E-state index in [0.29, 0.717) is 51.0 Å². The summed E-state index contributed by atoms with van der Waals surface area (Å²) in [4.78, 5) is 46.5. The van der Waals surface area contributed by atoms with Crippen LogP contribution in [-0.4, -0.2) is 148 Å². The number of nitrogens with one attached hydrogen (secondary N) is 1. The molecule has 3 aliphatic heterocycles. The Bertz CT molecular complexity index is 1860. The third kappa shape index (κ3) is 11.9. The van der Waals surface area contributed by atoms with E-state index in [1.54, 1.807) is 25.6 Å². The Morgan fingerprint density at radius 1 is 1.11 bits per heavy atom. The maximum Gasteiger partial charge on any atom is 0.410 e. The van der Waals surface area contributed by atoms with Crippen LogP contribution in [-0.2, 0) is 39.8 Å². The van der Waals surface area contributed by atoms with Crippen molar-refractivity contribution in [2.75, 3.05) is 46.3 Å². The summed E-state index contributed by atoms with van der Waals surface area (Å²) in [6, 6.07) is 6.67. The van der Waals surface area contributed by atoms with E-state index in [0.717, 1.165) is 30.5 Å². The summed E-state index contributed by atoms with van der Waals surface area (Å²) in [7, 11) is 5.43. The first-order valence-electron chi connectivity index (χ1n) is 22.9. The summed E-state index contributed by atoms with van der Waals surface area (Å²) in [5, 5.41) is 24.0. The number of amides is 1. The zero-order chi connectivity index (χ0) is 47.1. The second-order valence-corrected chi connectivity index (χ2v) is 19.3. The zero-order valence-electron chi connectivity index (χ0n) is 39.7. The molecule has 2 unspecified atom stereocenters. The van der Waals surface area contributed by atoms with Gasteiger partial charge in [0.25, 0.3) is 0 Å². The molecule has 2 aromatic rings. The lowest BCUT2D eigenvalue weighted by Crippen LogP contribution is -2.62. The maximum absolute atomic E-state index is 14.5. The topological polar surface area (TPSA) is 193 Å². The SMILES string of the molecule is CC[C@H]1OC(=O)[C@H](C)C(=O)[C@H](C)[C@@H](O[C@@H]2O[C@H](C)CC(N(C)C)C2O)[C@](C)(OC)C[C@@H](C)CN[C@H](C2CC2)[C@H]2N(CCCCn3cc(-c4cccc(N)c4)nn3)C(=O)O[C@]12C.CSF. The Labute approximate surface area is 383 Å². The number of ketones is 1. The van der Waals surface area contributed by atoms with Crippen LogP contribution in [0.1, 0.15) is 93.4 Å². The quantitative estimate of drug-likeness (QED) is 0.0985. The van der Waals surface area contributed by atoms with Crippen LogP contribution in [0.25, 0.3) is 11.3 Å². The molecule has 1 amide bonds. The van der Waals surface area contributed by atoms with Crippen molar-refractivity contribution in [2.24, 2.45) is 23.7 Å². The van der Waals surface area contributed by atoms with Gasteiger partial charge >= 0.3 is 12.1 Å². The van der Waals surface area contributed by atoms with E-state index in [9.17, 15) is 23.4 Å². The number of nitrogen functional groups attached to an aromatic ring is 1. The molecule has 4 aliphatic rings. The molecule has 360 valence electrons. The van der Waals surface area contributed by atoms with Crippen LogP contribution < -0.4 is 11.1 Å². The van der Waals surface area contributed by atoms with Gasteiger partial charge in [0.2, 0.25) is 0 Å². The molecule has 16 nitrogen and oxygen atoms in total. The van der Waals surface area contributed by atoms with Crippen LogP contribution in [0.15, 0.2) is 30.5 Å². The highest BCUT2D eigenvalue weighted by Crippen LogP contribution is 2.45. The number of cyclic esters (lactones) is 1. The number of hydrogen-bond acceptors (Lipinski definition) is 15. The lowest BCUT2D eigenvalue weighted by molar-refractivity contribution is -0.295. The van der Waals surface area contributed by atoms with Crippen LogP contribution in [0.2, 0.25) is 0 Å². The molecule has 1 aliphatic carbocycles. The Morgan fingerprint density at radius 3 is 2.42 bits per heavy atom. The number of carbonyl (C=O) groups is 3. The number of fused-ring (bicyclic) bond motifs is 1. The second kappa shape index (κ2) is 22.4. The summed E-state index contributed by atoms with van der Waals surface area (Å²) in [6.07, 6.45) is 3.71. The molecule has 0 radical (unpaired) electrons. The fourth-order valence-electron chi connectivity index (χ4n) is 10.1. The number of Topliss-reactive ketones (excluding diaryl/α,β-unsaturated/α-hetero) is 1. The minimum Gasteiger partial charge on any atom is -0.458 e. The zero-order valence-corrected chi connectivity index (χ0v) is 40.5. The van der Waals surface area contributed by atoms with E-state index in [-0.39, 0.29) is 48.0 Å². The highest BCUT2D eigenvalue weighted by molar-refractivity contribution is 7.93. The van der Waals surface area contributed by atoms with Crippen LogP contribution in [0, 0.1) is 23.7 Å². The number of benzene rings is 1. The van der Waals surface area contributed by atoms with Gasteiger partial charge in [-0.05, 0) is 117 Å². The van der Waals surface area contributed by atoms with Crippen molar-refractivity contribution >= 4 is 35.7 Å². The van der Waals surface area contributed by atoms with Gasteiger partial charge in [-0.1, -0.05) is 38.1 Å². The second-order valence-electron chi connectivity index (χ2n) is 19.0. The van der Waals surface area contributed by atoms with Gasteiger partial charge in [0, 0.05) is 67.9 Å². The van der Waals surface area contributed by atoms with Crippen molar-refractivity contribution < 1.29 is 47.1 Å². The van der Waals surface area contributed by atoms with Crippen molar-refractivity contribution in [1.29, 1.82) is 0 Å². The number of aliphatic hydroxyl groups is 1. The third-order valence-electron chi connectivity index (χ3n) is 13.7. The Morgan fingerprint density at radius 2 is 1.80 bits per heavy atom. The van der Waals surface area contributed by atoms with Crippen molar-refractivity contribution in [2.45, 2.75) is 160 Å². The third-order valence-corrected chi connectivity index (χ3v) is 13.7. The van der Waals surface area contributed by atoms with Crippen molar-refractivity contribution in [1.82, 2.24) is 30.1 Å². The fraction of sp³-hybridized carbons (Fsp3) is 0.761. The first-order valence-corrected chi connectivity index (χ1v) is 24.0. The van der Waals surface area contributed by atoms with Gasteiger partial charge in [0.15, 0.2) is 17.7 Å². The number of esters is 1. The predicted octanol–water partition coefficient (Wildman–Crippen LogP) is 5.91. The molecule has 1 saturated carbocycles. The number of ether oxygens (including phenoxy) is 5. The number of aryl methyl sites for hydroxylation is 1. The summed E-state index contributed by atoms with van der Waals surface area (Å²) in [5.74, 6) is -2.83.